The highest BCUT2D eigenvalue weighted by atomic mass is 16.5. The molecule has 0 saturated carbocycles. The van der Waals surface area contributed by atoms with Gasteiger partial charge >= 0.3 is 11.9 Å². The SMILES string of the molecule is CCCCCCCCCCCC(=O)O.CCCCCCCCCCCCCC(=O)OCC. The molecule has 0 radical (unpaired) electrons. The van der Waals surface area contributed by atoms with Crippen LogP contribution < -0.4 is 0 Å². The van der Waals surface area contributed by atoms with E-state index in [9.17, 15) is 9.59 Å². The van der Waals surface area contributed by atoms with Crippen LogP contribution >= 0.6 is 0 Å². The van der Waals surface area contributed by atoms with Crippen molar-refractivity contribution >= 4 is 11.9 Å². The molecule has 0 aromatic carbocycles. The molecule has 0 heterocycles. The summed E-state index contributed by atoms with van der Waals surface area (Å²) in [6.07, 6.45) is 26.6. The summed E-state index contributed by atoms with van der Waals surface area (Å²) in [5, 5.41) is 8.41. The van der Waals surface area contributed by atoms with Crippen LogP contribution in [0.3, 0.4) is 0 Å². The number of aliphatic carboxylic acids is 1. The summed E-state index contributed by atoms with van der Waals surface area (Å²) in [5.41, 5.74) is 0. The highest BCUT2D eigenvalue weighted by Crippen LogP contribution is 2.12. The highest BCUT2D eigenvalue weighted by Gasteiger charge is 2.00. The van der Waals surface area contributed by atoms with Crippen molar-refractivity contribution in [2.24, 2.45) is 0 Å². The van der Waals surface area contributed by atoms with Gasteiger partial charge in [0.1, 0.15) is 0 Å². The van der Waals surface area contributed by atoms with Gasteiger partial charge in [-0.3, -0.25) is 9.59 Å². The van der Waals surface area contributed by atoms with Gasteiger partial charge in [-0.25, -0.2) is 0 Å². The number of carbonyl (C=O) groups excluding carboxylic acids is 1. The van der Waals surface area contributed by atoms with Crippen molar-refractivity contribution < 1.29 is 19.4 Å². The molecule has 0 unspecified atom stereocenters. The van der Waals surface area contributed by atoms with Gasteiger partial charge < -0.3 is 9.84 Å². The highest BCUT2D eigenvalue weighted by molar-refractivity contribution is 5.69. The van der Waals surface area contributed by atoms with Crippen molar-refractivity contribution in [1.82, 2.24) is 0 Å². The third-order valence-corrected chi connectivity index (χ3v) is 5.78. The summed E-state index contributed by atoms with van der Waals surface area (Å²) in [6, 6.07) is 0. The predicted octanol–water partition coefficient (Wildman–Crippen LogP) is 9.24. The molecule has 0 aromatic heterocycles. The molecule has 0 aliphatic heterocycles. The Morgan fingerprint density at radius 3 is 1.12 bits per heavy atom. The molecule has 1 N–H and O–H groups in total. The van der Waals surface area contributed by atoms with E-state index in [1.807, 2.05) is 6.92 Å². The van der Waals surface area contributed by atoms with Crippen LogP contribution in [-0.4, -0.2) is 23.7 Å². The third-order valence-electron chi connectivity index (χ3n) is 5.78. The number of ether oxygens (including phenoxy) is 1. The van der Waals surface area contributed by atoms with Crippen molar-refractivity contribution in [2.75, 3.05) is 6.61 Å². The monoisotopic (exact) mass is 456 g/mol. The molecule has 0 spiro atoms. The van der Waals surface area contributed by atoms with E-state index in [-0.39, 0.29) is 5.97 Å². The standard InChI is InChI=1S/C16H32O2.C12H24O2/c1-3-5-6-7-8-9-10-11-12-13-14-15-16(17)18-4-2;1-2-3-4-5-6-7-8-9-10-11-12(13)14/h3-15H2,1-2H3;2-11H2,1H3,(H,13,14). The lowest BCUT2D eigenvalue weighted by molar-refractivity contribution is -0.143. The smallest absolute Gasteiger partial charge is 0.305 e. The lowest BCUT2D eigenvalue weighted by Gasteiger charge is -2.03. The molecule has 0 atom stereocenters. The van der Waals surface area contributed by atoms with Crippen molar-refractivity contribution in [3.05, 3.63) is 0 Å². The number of unbranched alkanes of at least 4 members (excludes halogenated alkanes) is 18. The zero-order valence-corrected chi connectivity index (χ0v) is 21.9. The molecule has 0 amide bonds. The molecule has 0 aliphatic rings. The number of esters is 1. The normalized spacial score (nSPS) is 10.5. The number of carboxylic acid groups (broad SMARTS) is 1. The number of carboxylic acids is 1. The first-order valence-corrected chi connectivity index (χ1v) is 14.0. The average molecular weight is 457 g/mol. The predicted molar refractivity (Wildman–Crippen MR) is 137 cm³/mol. The van der Waals surface area contributed by atoms with Crippen LogP contribution in [0.15, 0.2) is 0 Å². The van der Waals surface area contributed by atoms with Crippen LogP contribution in [0.2, 0.25) is 0 Å². The maximum atomic E-state index is 11.1. The summed E-state index contributed by atoms with van der Waals surface area (Å²) in [4.78, 5) is 21.3. The molecule has 0 rings (SSSR count). The third kappa shape index (κ3) is 33.6. The molecular formula is C28H56O4. The Morgan fingerprint density at radius 2 is 0.812 bits per heavy atom. The summed E-state index contributed by atoms with van der Waals surface area (Å²) in [7, 11) is 0. The molecule has 0 bridgehead atoms. The molecule has 4 heteroatoms. The minimum Gasteiger partial charge on any atom is -0.481 e. The van der Waals surface area contributed by atoms with Crippen LogP contribution in [-0.2, 0) is 14.3 Å². The fourth-order valence-electron chi connectivity index (χ4n) is 3.75. The number of hydrogen-bond donors (Lipinski definition) is 1. The molecule has 0 saturated heterocycles. The summed E-state index contributed by atoms with van der Waals surface area (Å²) in [5.74, 6) is -0.693. The van der Waals surface area contributed by atoms with E-state index in [0.29, 0.717) is 19.4 Å². The fraction of sp³-hybridized carbons (Fsp3) is 0.929. The first-order valence-electron chi connectivity index (χ1n) is 14.0. The van der Waals surface area contributed by atoms with Gasteiger partial charge in [0, 0.05) is 12.8 Å². The fourth-order valence-corrected chi connectivity index (χ4v) is 3.75. The van der Waals surface area contributed by atoms with Crippen LogP contribution in [0.4, 0.5) is 0 Å². The van der Waals surface area contributed by atoms with E-state index in [4.69, 9.17) is 9.84 Å². The van der Waals surface area contributed by atoms with E-state index in [2.05, 4.69) is 13.8 Å². The summed E-state index contributed by atoms with van der Waals surface area (Å²) < 4.78 is 4.89. The van der Waals surface area contributed by atoms with E-state index in [1.54, 1.807) is 0 Å². The van der Waals surface area contributed by atoms with E-state index < -0.39 is 5.97 Å². The van der Waals surface area contributed by atoms with Crippen LogP contribution in [0, 0.1) is 0 Å². The Balaban J connectivity index is 0. The lowest BCUT2D eigenvalue weighted by Crippen LogP contribution is -2.03. The van der Waals surface area contributed by atoms with E-state index in [0.717, 1.165) is 19.3 Å². The molecule has 32 heavy (non-hydrogen) atoms. The molecule has 192 valence electrons. The molecule has 4 nitrogen and oxygen atoms in total. The van der Waals surface area contributed by atoms with Crippen molar-refractivity contribution in [3.63, 3.8) is 0 Å². The Labute approximate surface area is 200 Å². The average Bonchev–Trinajstić information content (AvgIpc) is 2.77. The van der Waals surface area contributed by atoms with Gasteiger partial charge in [0.2, 0.25) is 0 Å². The minimum absolute atomic E-state index is 0.0339. The topological polar surface area (TPSA) is 63.6 Å². The van der Waals surface area contributed by atoms with Gasteiger partial charge in [-0.15, -0.1) is 0 Å². The minimum atomic E-state index is -0.659. The second-order valence-electron chi connectivity index (χ2n) is 9.06. The Bertz CT molecular complexity index is 382. The van der Waals surface area contributed by atoms with Crippen molar-refractivity contribution in [1.29, 1.82) is 0 Å². The molecule has 0 aliphatic carbocycles. The van der Waals surface area contributed by atoms with Crippen LogP contribution in [0.25, 0.3) is 0 Å². The van der Waals surface area contributed by atoms with Crippen molar-refractivity contribution in [2.45, 2.75) is 162 Å². The largest absolute Gasteiger partial charge is 0.481 e. The van der Waals surface area contributed by atoms with Gasteiger partial charge in [-0.05, 0) is 19.8 Å². The van der Waals surface area contributed by atoms with E-state index >= 15 is 0 Å². The second kappa shape index (κ2) is 29.9. The van der Waals surface area contributed by atoms with Crippen molar-refractivity contribution in [3.8, 4) is 0 Å². The van der Waals surface area contributed by atoms with Crippen LogP contribution in [0.5, 0.6) is 0 Å². The van der Waals surface area contributed by atoms with Gasteiger partial charge in [-0.2, -0.15) is 0 Å². The lowest BCUT2D eigenvalue weighted by atomic mass is 10.1. The zero-order chi connectivity index (χ0) is 24.1. The second-order valence-corrected chi connectivity index (χ2v) is 9.06. The maximum Gasteiger partial charge on any atom is 0.305 e. The number of hydrogen-bond acceptors (Lipinski definition) is 3. The van der Waals surface area contributed by atoms with Gasteiger partial charge in [0.25, 0.3) is 0 Å². The van der Waals surface area contributed by atoms with E-state index in [1.165, 1.54) is 109 Å². The number of rotatable bonds is 23. The molecule has 0 aromatic rings. The first kappa shape index (κ1) is 33.1. The Kier molecular flexibility index (Phi) is 31.0. The Hall–Kier alpha value is -1.06. The molecular weight excluding hydrogens is 400 g/mol. The van der Waals surface area contributed by atoms with Gasteiger partial charge in [0.05, 0.1) is 6.61 Å². The Morgan fingerprint density at radius 1 is 0.500 bits per heavy atom. The maximum absolute atomic E-state index is 11.1. The summed E-state index contributed by atoms with van der Waals surface area (Å²) >= 11 is 0. The summed E-state index contributed by atoms with van der Waals surface area (Å²) in [6.45, 7) is 6.86. The zero-order valence-electron chi connectivity index (χ0n) is 21.9. The number of carbonyl (C=O) groups is 2. The van der Waals surface area contributed by atoms with Crippen LogP contribution in [0.1, 0.15) is 162 Å². The molecule has 0 fully saturated rings. The first-order chi connectivity index (χ1) is 15.6. The quantitative estimate of drug-likeness (QED) is 0.123. The van der Waals surface area contributed by atoms with Gasteiger partial charge in [0.15, 0.2) is 0 Å². The van der Waals surface area contributed by atoms with Gasteiger partial charge in [-0.1, -0.05) is 129 Å².